The molecule has 0 saturated carbocycles. The topological polar surface area (TPSA) is 83.3 Å². The number of amides is 1. The van der Waals surface area contributed by atoms with Crippen LogP contribution in [0.5, 0.6) is 0 Å². The van der Waals surface area contributed by atoms with Crippen molar-refractivity contribution in [3.63, 3.8) is 0 Å². The minimum atomic E-state index is -0.147. The minimum absolute atomic E-state index is 0.124. The Kier molecular flexibility index (Phi) is 7.71. The van der Waals surface area contributed by atoms with Crippen molar-refractivity contribution in [3.8, 4) is 0 Å². The lowest BCUT2D eigenvalue weighted by Crippen LogP contribution is -2.34. The Morgan fingerprint density at radius 3 is 2.76 bits per heavy atom. The summed E-state index contributed by atoms with van der Waals surface area (Å²) in [6, 6.07) is 3.56. The van der Waals surface area contributed by atoms with Crippen LogP contribution in [0.15, 0.2) is 18.3 Å². The third kappa shape index (κ3) is 5.69. The summed E-state index contributed by atoms with van der Waals surface area (Å²) in [6.07, 6.45) is 3.62. The molecule has 118 valence electrons. The molecule has 1 amide bonds. The zero-order chi connectivity index (χ0) is 15.7. The molecule has 6 nitrogen and oxygen atoms in total. The molecule has 1 heterocycles. The molecule has 0 aromatic carbocycles. The first-order valence-corrected chi connectivity index (χ1v) is 7.57. The van der Waals surface area contributed by atoms with Gasteiger partial charge in [-0.05, 0) is 51.5 Å². The van der Waals surface area contributed by atoms with E-state index >= 15 is 0 Å². The molecule has 0 aliphatic heterocycles. The predicted molar refractivity (Wildman–Crippen MR) is 86.0 cm³/mol. The number of hydrogen-bond donors (Lipinski definition) is 3. The summed E-state index contributed by atoms with van der Waals surface area (Å²) in [7, 11) is 0. The molecular formula is C15H27N5O. The van der Waals surface area contributed by atoms with Crippen molar-refractivity contribution in [3.05, 3.63) is 23.9 Å². The van der Waals surface area contributed by atoms with Gasteiger partial charge < -0.3 is 15.6 Å². The zero-order valence-corrected chi connectivity index (χ0v) is 13.2. The number of aromatic nitrogens is 1. The standard InChI is InChI=1S/C15H27N5O/c1-4-20(5-2)11-7-8-12(3)18-15(21)13-9-6-10-17-14(13)19-16/h6,9-10,12H,4-5,7-8,11,16H2,1-3H3,(H,17,19)(H,18,21). The van der Waals surface area contributed by atoms with Crippen molar-refractivity contribution in [1.82, 2.24) is 15.2 Å². The van der Waals surface area contributed by atoms with Crippen LogP contribution in [-0.2, 0) is 0 Å². The van der Waals surface area contributed by atoms with Gasteiger partial charge in [0.1, 0.15) is 0 Å². The second-order valence-electron chi connectivity index (χ2n) is 5.09. The second kappa shape index (κ2) is 9.31. The molecule has 0 radical (unpaired) electrons. The largest absolute Gasteiger partial charge is 0.349 e. The second-order valence-corrected chi connectivity index (χ2v) is 5.09. The Hall–Kier alpha value is -1.66. The van der Waals surface area contributed by atoms with Crippen molar-refractivity contribution >= 4 is 11.7 Å². The molecule has 1 aromatic rings. The van der Waals surface area contributed by atoms with Gasteiger partial charge in [0.05, 0.1) is 5.56 Å². The first kappa shape index (κ1) is 17.4. The van der Waals surface area contributed by atoms with E-state index in [9.17, 15) is 4.79 Å². The molecule has 1 aromatic heterocycles. The molecule has 0 fully saturated rings. The van der Waals surface area contributed by atoms with Gasteiger partial charge in [-0.1, -0.05) is 13.8 Å². The van der Waals surface area contributed by atoms with E-state index in [1.165, 1.54) is 0 Å². The lowest BCUT2D eigenvalue weighted by Gasteiger charge is -2.20. The van der Waals surface area contributed by atoms with Crippen LogP contribution >= 0.6 is 0 Å². The number of nitrogen functional groups attached to an aromatic ring is 1. The van der Waals surface area contributed by atoms with E-state index in [0.29, 0.717) is 11.4 Å². The van der Waals surface area contributed by atoms with Gasteiger partial charge in [-0.15, -0.1) is 0 Å². The summed E-state index contributed by atoms with van der Waals surface area (Å²) < 4.78 is 0. The molecule has 4 N–H and O–H groups in total. The lowest BCUT2D eigenvalue weighted by atomic mass is 10.1. The van der Waals surface area contributed by atoms with Crippen LogP contribution in [0.4, 0.5) is 5.82 Å². The highest BCUT2D eigenvalue weighted by Crippen LogP contribution is 2.10. The number of hydrogen-bond acceptors (Lipinski definition) is 5. The van der Waals surface area contributed by atoms with Crippen LogP contribution in [0, 0.1) is 0 Å². The summed E-state index contributed by atoms with van der Waals surface area (Å²) in [5.74, 6) is 5.61. The van der Waals surface area contributed by atoms with E-state index in [2.05, 4.69) is 34.5 Å². The van der Waals surface area contributed by atoms with Gasteiger partial charge in [-0.2, -0.15) is 0 Å². The van der Waals surface area contributed by atoms with Crippen LogP contribution in [0.1, 0.15) is 44.0 Å². The third-order valence-electron chi connectivity index (χ3n) is 3.57. The molecule has 0 saturated heterocycles. The van der Waals surface area contributed by atoms with Gasteiger partial charge in [0.15, 0.2) is 5.82 Å². The average Bonchev–Trinajstić information content (AvgIpc) is 2.51. The molecule has 6 heteroatoms. The minimum Gasteiger partial charge on any atom is -0.349 e. The Morgan fingerprint density at radius 2 is 2.14 bits per heavy atom. The number of carbonyl (C=O) groups excluding carboxylic acids is 1. The highest BCUT2D eigenvalue weighted by Gasteiger charge is 2.14. The SMILES string of the molecule is CCN(CC)CCCC(C)NC(=O)c1cccnc1NN. The van der Waals surface area contributed by atoms with Gasteiger partial charge in [0.2, 0.25) is 0 Å². The fourth-order valence-corrected chi connectivity index (χ4v) is 2.24. The fourth-order valence-electron chi connectivity index (χ4n) is 2.24. The first-order chi connectivity index (χ1) is 10.1. The zero-order valence-electron chi connectivity index (χ0n) is 13.2. The number of nitrogens with two attached hydrogens (primary N) is 1. The Balaban J connectivity index is 2.43. The third-order valence-corrected chi connectivity index (χ3v) is 3.57. The molecule has 1 atom stereocenters. The average molecular weight is 293 g/mol. The lowest BCUT2D eigenvalue weighted by molar-refractivity contribution is 0.0937. The molecule has 21 heavy (non-hydrogen) atoms. The van der Waals surface area contributed by atoms with Crippen molar-refractivity contribution in [2.75, 3.05) is 25.1 Å². The van der Waals surface area contributed by atoms with E-state index in [4.69, 9.17) is 5.84 Å². The molecule has 1 rings (SSSR count). The van der Waals surface area contributed by atoms with Crippen LogP contribution in [0.25, 0.3) is 0 Å². The Bertz CT molecular complexity index is 434. The smallest absolute Gasteiger partial charge is 0.255 e. The monoisotopic (exact) mass is 293 g/mol. The maximum absolute atomic E-state index is 12.2. The number of nitrogens with one attached hydrogen (secondary N) is 2. The normalized spacial score (nSPS) is 12.2. The van der Waals surface area contributed by atoms with Crippen molar-refractivity contribution < 1.29 is 4.79 Å². The van der Waals surface area contributed by atoms with E-state index in [1.807, 2.05) is 6.92 Å². The van der Waals surface area contributed by atoms with E-state index < -0.39 is 0 Å². The highest BCUT2D eigenvalue weighted by atomic mass is 16.1. The van der Waals surface area contributed by atoms with Crippen molar-refractivity contribution in [1.29, 1.82) is 0 Å². The molecular weight excluding hydrogens is 266 g/mol. The Morgan fingerprint density at radius 1 is 1.43 bits per heavy atom. The fraction of sp³-hybridized carbons (Fsp3) is 0.600. The number of carbonyl (C=O) groups is 1. The van der Waals surface area contributed by atoms with Crippen molar-refractivity contribution in [2.45, 2.75) is 39.7 Å². The summed E-state index contributed by atoms with van der Waals surface area (Å²) in [5, 5.41) is 2.99. The summed E-state index contributed by atoms with van der Waals surface area (Å²) in [6.45, 7) is 9.55. The van der Waals surface area contributed by atoms with E-state index in [1.54, 1.807) is 18.3 Å². The van der Waals surface area contributed by atoms with E-state index in [0.717, 1.165) is 32.5 Å². The molecule has 0 bridgehead atoms. The molecule has 0 aliphatic rings. The van der Waals surface area contributed by atoms with Gasteiger partial charge >= 0.3 is 0 Å². The summed E-state index contributed by atoms with van der Waals surface area (Å²) in [4.78, 5) is 18.6. The van der Waals surface area contributed by atoms with Crippen molar-refractivity contribution in [2.24, 2.45) is 5.84 Å². The van der Waals surface area contributed by atoms with Gasteiger partial charge in [-0.25, -0.2) is 10.8 Å². The van der Waals surface area contributed by atoms with Gasteiger partial charge in [-0.3, -0.25) is 4.79 Å². The number of rotatable bonds is 9. The highest BCUT2D eigenvalue weighted by molar-refractivity contribution is 5.98. The molecule has 1 unspecified atom stereocenters. The quantitative estimate of drug-likeness (QED) is 0.476. The number of hydrazine groups is 1. The van der Waals surface area contributed by atoms with Crippen LogP contribution in [0.2, 0.25) is 0 Å². The number of anilines is 1. The summed E-state index contributed by atoms with van der Waals surface area (Å²) >= 11 is 0. The summed E-state index contributed by atoms with van der Waals surface area (Å²) in [5.41, 5.74) is 2.91. The molecule has 0 spiro atoms. The van der Waals surface area contributed by atoms with Gasteiger partial charge in [0.25, 0.3) is 5.91 Å². The molecule has 0 aliphatic carbocycles. The Labute approximate surface area is 127 Å². The van der Waals surface area contributed by atoms with Crippen LogP contribution < -0.4 is 16.6 Å². The van der Waals surface area contributed by atoms with Gasteiger partial charge in [0, 0.05) is 12.2 Å². The van der Waals surface area contributed by atoms with Crippen LogP contribution in [0.3, 0.4) is 0 Å². The van der Waals surface area contributed by atoms with E-state index in [-0.39, 0.29) is 11.9 Å². The maximum Gasteiger partial charge on any atom is 0.255 e. The number of nitrogens with zero attached hydrogens (tertiary/aromatic N) is 2. The maximum atomic E-state index is 12.2. The number of pyridine rings is 1. The first-order valence-electron chi connectivity index (χ1n) is 7.57. The van der Waals surface area contributed by atoms with Crippen LogP contribution in [-0.4, -0.2) is 41.5 Å². The predicted octanol–water partition coefficient (Wildman–Crippen LogP) is 1.61.